The number of aryl methyl sites for hydroxylation is 2. The summed E-state index contributed by atoms with van der Waals surface area (Å²) < 4.78 is 0. The number of anilines is 2. The van der Waals surface area contributed by atoms with Crippen LogP contribution in [0.2, 0.25) is 5.02 Å². The molecule has 0 amide bonds. The summed E-state index contributed by atoms with van der Waals surface area (Å²) in [5, 5.41) is 3.71. The van der Waals surface area contributed by atoms with Gasteiger partial charge in [-0.2, -0.15) is 0 Å². The Hall–Kier alpha value is -1.81. The number of hydrogen-bond donors (Lipinski definition) is 2. The van der Waals surface area contributed by atoms with Crippen molar-refractivity contribution in [1.29, 1.82) is 0 Å². The minimum atomic E-state index is -0.163. The van der Waals surface area contributed by atoms with E-state index >= 15 is 0 Å². The third kappa shape index (κ3) is 2.90. The van der Waals surface area contributed by atoms with Crippen LogP contribution in [-0.2, 0) is 6.42 Å². The van der Waals surface area contributed by atoms with Crippen LogP contribution in [0.15, 0.2) is 29.1 Å². The molecule has 1 aromatic carbocycles. The van der Waals surface area contributed by atoms with Crippen molar-refractivity contribution in [2.24, 2.45) is 0 Å². The third-order valence-electron chi connectivity index (χ3n) is 2.61. The maximum Gasteiger partial charge on any atom is 0.252 e. The molecule has 1 aromatic heterocycles. The van der Waals surface area contributed by atoms with Gasteiger partial charge in [0, 0.05) is 22.5 Å². The molecule has 0 saturated heterocycles. The van der Waals surface area contributed by atoms with Gasteiger partial charge in [0.1, 0.15) is 0 Å². The first-order valence-corrected chi connectivity index (χ1v) is 6.09. The fraction of sp³-hybridized carbons (Fsp3) is 0.231. The fourth-order valence-electron chi connectivity index (χ4n) is 1.60. The van der Waals surface area contributed by atoms with E-state index in [4.69, 9.17) is 11.6 Å². The Bertz CT molecular complexity index is 622. The monoisotopic (exact) mass is 263 g/mol. The van der Waals surface area contributed by atoms with Crippen LogP contribution in [0.3, 0.4) is 0 Å². The standard InChI is InChI=1S/C13H14ClN3O/c1-3-10-7-12(18)17-13(15-10)16-11-6-9(14)5-4-8(11)2/h4-7H,3H2,1-2H3,(H2,15,16,17,18). The van der Waals surface area contributed by atoms with Crippen molar-refractivity contribution in [2.45, 2.75) is 20.3 Å². The molecule has 0 aliphatic heterocycles. The number of aromatic nitrogens is 2. The number of rotatable bonds is 3. The average Bonchev–Trinajstić information content (AvgIpc) is 2.33. The Labute approximate surface area is 110 Å². The van der Waals surface area contributed by atoms with E-state index in [0.29, 0.717) is 17.4 Å². The van der Waals surface area contributed by atoms with Crippen molar-refractivity contribution in [3.05, 3.63) is 50.9 Å². The lowest BCUT2D eigenvalue weighted by atomic mass is 10.2. The smallest absolute Gasteiger partial charge is 0.252 e. The molecule has 0 bridgehead atoms. The molecule has 1 heterocycles. The first-order valence-electron chi connectivity index (χ1n) is 5.72. The quantitative estimate of drug-likeness (QED) is 0.895. The topological polar surface area (TPSA) is 57.8 Å². The summed E-state index contributed by atoms with van der Waals surface area (Å²) in [6.45, 7) is 3.91. The average molecular weight is 264 g/mol. The van der Waals surface area contributed by atoms with Gasteiger partial charge >= 0.3 is 0 Å². The highest BCUT2D eigenvalue weighted by atomic mass is 35.5. The Morgan fingerprint density at radius 3 is 2.89 bits per heavy atom. The Kier molecular flexibility index (Phi) is 3.67. The van der Waals surface area contributed by atoms with E-state index in [9.17, 15) is 4.79 Å². The van der Waals surface area contributed by atoms with Gasteiger partial charge in [0.15, 0.2) is 0 Å². The zero-order valence-corrected chi connectivity index (χ0v) is 11.0. The molecular weight excluding hydrogens is 250 g/mol. The molecule has 0 aliphatic rings. The number of nitrogens with one attached hydrogen (secondary N) is 2. The second-order valence-electron chi connectivity index (χ2n) is 4.02. The summed E-state index contributed by atoms with van der Waals surface area (Å²) in [5.41, 5.74) is 2.45. The molecule has 18 heavy (non-hydrogen) atoms. The molecule has 2 N–H and O–H groups in total. The molecule has 0 saturated carbocycles. The number of nitrogens with zero attached hydrogens (tertiary/aromatic N) is 1. The first-order chi connectivity index (χ1) is 8.58. The molecule has 0 spiro atoms. The largest absolute Gasteiger partial charge is 0.325 e. The van der Waals surface area contributed by atoms with E-state index < -0.39 is 0 Å². The highest BCUT2D eigenvalue weighted by molar-refractivity contribution is 6.30. The second-order valence-corrected chi connectivity index (χ2v) is 4.46. The van der Waals surface area contributed by atoms with Crippen molar-refractivity contribution in [2.75, 3.05) is 5.32 Å². The van der Waals surface area contributed by atoms with Crippen LogP contribution in [0.5, 0.6) is 0 Å². The lowest BCUT2D eigenvalue weighted by Gasteiger charge is -2.09. The molecule has 0 radical (unpaired) electrons. The lowest BCUT2D eigenvalue weighted by Crippen LogP contribution is -2.12. The van der Waals surface area contributed by atoms with Crippen LogP contribution < -0.4 is 10.9 Å². The minimum Gasteiger partial charge on any atom is -0.325 e. The van der Waals surface area contributed by atoms with Gasteiger partial charge in [-0.3, -0.25) is 9.78 Å². The van der Waals surface area contributed by atoms with Crippen LogP contribution in [-0.4, -0.2) is 9.97 Å². The van der Waals surface area contributed by atoms with Gasteiger partial charge < -0.3 is 5.32 Å². The highest BCUT2D eigenvalue weighted by Gasteiger charge is 2.03. The predicted molar refractivity (Wildman–Crippen MR) is 73.7 cm³/mol. The first kappa shape index (κ1) is 12.6. The SMILES string of the molecule is CCc1cc(=O)[nH]c(Nc2cc(Cl)ccc2C)n1. The van der Waals surface area contributed by atoms with E-state index in [2.05, 4.69) is 15.3 Å². The maximum absolute atomic E-state index is 11.5. The molecule has 5 heteroatoms. The third-order valence-corrected chi connectivity index (χ3v) is 2.84. The van der Waals surface area contributed by atoms with Crippen molar-refractivity contribution in [3.8, 4) is 0 Å². The molecule has 0 aliphatic carbocycles. The molecule has 0 fully saturated rings. The van der Waals surface area contributed by atoms with Crippen LogP contribution >= 0.6 is 11.6 Å². The van der Waals surface area contributed by atoms with Crippen molar-refractivity contribution >= 4 is 23.2 Å². The number of benzene rings is 1. The van der Waals surface area contributed by atoms with Gasteiger partial charge in [-0.1, -0.05) is 24.6 Å². The maximum atomic E-state index is 11.5. The summed E-state index contributed by atoms with van der Waals surface area (Å²) >= 11 is 5.94. The van der Waals surface area contributed by atoms with Crippen LogP contribution in [0.25, 0.3) is 0 Å². The zero-order chi connectivity index (χ0) is 13.1. The Morgan fingerprint density at radius 1 is 1.39 bits per heavy atom. The van der Waals surface area contributed by atoms with Crippen LogP contribution in [0.1, 0.15) is 18.2 Å². The van der Waals surface area contributed by atoms with Gasteiger partial charge in [-0.05, 0) is 31.0 Å². The zero-order valence-electron chi connectivity index (χ0n) is 10.2. The van der Waals surface area contributed by atoms with E-state index in [1.807, 2.05) is 26.0 Å². The summed E-state index contributed by atoms with van der Waals surface area (Å²) in [6.07, 6.45) is 0.715. The normalized spacial score (nSPS) is 10.4. The molecule has 94 valence electrons. The molecule has 4 nitrogen and oxygen atoms in total. The molecule has 0 unspecified atom stereocenters. The molecular formula is C13H14ClN3O. The number of halogens is 1. The van der Waals surface area contributed by atoms with E-state index in [1.165, 1.54) is 6.07 Å². The second kappa shape index (κ2) is 5.23. The van der Waals surface area contributed by atoms with Crippen molar-refractivity contribution in [3.63, 3.8) is 0 Å². The summed E-state index contributed by atoms with van der Waals surface area (Å²) in [4.78, 5) is 18.4. The number of H-pyrrole nitrogens is 1. The fourth-order valence-corrected chi connectivity index (χ4v) is 1.78. The Morgan fingerprint density at radius 2 is 2.17 bits per heavy atom. The van der Waals surface area contributed by atoms with Gasteiger partial charge in [0.05, 0.1) is 0 Å². The molecule has 2 aromatic rings. The summed E-state index contributed by atoms with van der Waals surface area (Å²) in [6, 6.07) is 7.03. The van der Waals surface area contributed by atoms with Gasteiger partial charge in [-0.25, -0.2) is 4.98 Å². The number of aromatic amines is 1. The van der Waals surface area contributed by atoms with E-state index in [0.717, 1.165) is 16.9 Å². The van der Waals surface area contributed by atoms with E-state index in [1.54, 1.807) is 6.07 Å². The van der Waals surface area contributed by atoms with Crippen molar-refractivity contribution in [1.82, 2.24) is 9.97 Å². The predicted octanol–water partition coefficient (Wildman–Crippen LogP) is 3.04. The van der Waals surface area contributed by atoms with Crippen molar-refractivity contribution < 1.29 is 0 Å². The minimum absolute atomic E-state index is 0.163. The lowest BCUT2D eigenvalue weighted by molar-refractivity contribution is 0.985. The highest BCUT2D eigenvalue weighted by Crippen LogP contribution is 2.22. The van der Waals surface area contributed by atoms with Gasteiger partial charge in [0.25, 0.3) is 5.56 Å². The van der Waals surface area contributed by atoms with Gasteiger partial charge in [-0.15, -0.1) is 0 Å². The van der Waals surface area contributed by atoms with Crippen LogP contribution in [0, 0.1) is 6.92 Å². The van der Waals surface area contributed by atoms with Gasteiger partial charge in [0.2, 0.25) is 5.95 Å². The van der Waals surface area contributed by atoms with E-state index in [-0.39, 0.29) is 5.56 Å². The van der Waals surface area contributed by atoms with Crippen LogP contribution in [0.4, 0.5) is 11.6 Å². The summed E-state index contributed by atoms with van der Waals surface area (Å²) in [5.74, 6) is 0.435. The molecule has 2 rings (SSSR count). The Balaban J connectivity index is 2.36. The number of hydrogen-bond acceptors (Lipinski definition) is 3. The molecule has 0 atom stereocenters. The summed E-state index contributed by atoms with van der Waals surface area (Å²) in [7, 11) is 0.